The zero-order chi connectivity index (χ0) is 19.4. The Kier molecular flexibility index (Phi) is 4.93. The molecule has 0 aromatic rings. The van der Waals surface area contributed by atoms with Gasteiger partial charge in [-0.3, -0.25) is 4.79 Å². The van der Waals surface area contributed by atoms with E-state index in [1.807, 2.05) is 6.92 Å². The fourth-order valence-corrected chi connectivity index (χ4v) is 7.63. The number of ketones is 1. The maximum Gasteiger partial charge on any atom is 0.139 e. The van der Waals surface area contributed by atoms with Gasteiger partial charge < -0.3 is 10.6 Å². The van der Waals surface area contributed by atoms with Gasteiger partial charge in [0, 0.05) is 17.9 Å². The van der Waals surface area contributed by atoms with Crippen molar-refractivity contribution in [1.29, 1.82) is 0 Å². The van der Waals surface area contributed by atoms with Crippen molar-refractivity contribution in [1.82, 2.24) is 0 Å². The Morgan fingerprint density at radius 1 is 1.19 bits per heavy atom. The number of rotatable bonds is 3. The molecule has 0 bridgehead atoms. The van der Waals surface area contributed by atoms with E-state index in [4.69, 9.17) is 10.6 Å². The Balaban J connectivity index is 1.53. The lowest BCUT2D eigenvalue weighted by atomic mass is 9.43. The second-order valence-electron chi connectivity index (χ2n) is 10.8. The van der Waals surface area contributed by atoms with E-state index in [9.17, 15) is 4.79 Å². The summed E-state index contributed by atoms with van der Waals surface area (Å²) in [6.45, 7) is 9.74. The standard InChI is InChI=1S/C23H38N2O2/c1-14-11-17-18-5-6-21(26)23(18,4)10-8-19(17)22(3)9-7-16(12-20(14)22)25-27-13-15(2)24/h14-15,17-20H,5-13,24H2,1-4H3/t14?,15?,17-,18-,19+,20?,22+,23-/m0/s1. The van der Waals surface area contributed by atoms with E-state index >= 15 is 0 Å². The zero-order valence-electron chi connectivity index (χ0n) is 17.7. The van der Waals surface area contributed by atoms with Gasteiger partial charge in [0.1, 0.15) is 12.4 Å². The molecule has 152 valence electrons. The van der Waals surface area contributed by atoms with Crippen LogP contribution in [0.15, 0.2) is 5.16 Å². The van der Waals surface area contributed by atoms with Crippen LogP contribution in [0, 0.1) is 40.4 Å². The maximum absolute atomic E-state index is 12.6. The SMILES string of the molecule is CC(N)CON=C1CC[C@@]2(C)C(C1)C(C)C[C@@H]1[C@H]2CC[C@]2(C)C(=O)CC[C@@H]12. The van der Waals surface area contributed by atoms with Crippen LogP contribution >= 0.6 is 0 Å². The largest absolute Gasteiger partial charge is 0.394 e. The Labute approximate surface area is 164 Å². The van der Waals surface area contributed by atoms with Crippen molar-refractivity contribution in [2.45, 2.75) is 85.1 Å². The van der Waals surface area contributed by atoms with Gasteiger partial charge >= 0.3 is 0 Å². The first-order chi connectivity index (χ1) is 12.8. The van der Waals surface area contributed by atoms with E-state index in [0.29, 0.717) is 35.6 Å². The fraction of sp³-hybridized carbons (Fsp3) is 0.913. The molecule has 3 unspecified atom stereocenters. The Morgan fingerprint density at radius 2 is 1.96 bits per heavy atom. The Bertz CT molecular complexity index is 630. The van der Waals surface area contributed by atoms with Crippen molar-refractivity contribution in [3.63, 3.8) is 0 Å². The summed E-state index contributed by atoms with van der Waals surface area (Å²) in [4.78, 5) is 18.1. The molecule has 4 aliphatic rings. The van der Waals surface area contributed by atoms with Crippen LogP contribution in [-0.4, -0.2) is 24.1 Å². The van der Waals surface area contributed by atoms with Crippen LogP contribution in [-0.2, 0) is 9.63 Å². The molecule has 0 saturated heterocycles. The van der Waals surface area contributed by atoms with Crippen LogP contribution in [0.25, 0.3) is 0 Å². The molecule has 0 radical (unpaired) electrons. The third-order valence-corrected chi connectivity index (χ3v) is 9.11. The molecule has 4 saturated carbocycles. The molecule has 4 aliphatic carbocycles. The molecule has 27 heavy (non-hydrogen) atoms. The number of nitrogens with zero attached hydrogens (tertiary/aromatic N) is 1. The number of hydrogen-bond donors (Lipinski definition) is 1. The highest BCUT2D eigenvalue weighted by Gasteiger charge is 2.61. The molecular formula is C23H38N2O2. The minimum absolute atomic E-state index is 0.0157. The van der Waals surface area contributed by atoms with Crippen molar-refractivity contribution in [2.24, 2.45) is 51.3 Å². The van der Waals surface area contributed by atoms with Crippen molar-refractivity contribution < 1.29 is 9.63 Å². The minimum Gasteiger partial charge on any atom is -0.394 e. The number of oxime groups is 1. The third-order valence-electron chi connectivity index (χ3n) is 9.11. The van der Waals surface area contributed by atoms with E-state index in [-0.39, 0.29) is 11.5 Å². The highest BCUT2D eigenvalue weighted by atomic mass is 16.6. The van der Waals surface area contributed by atoms with Gasteiger partial charge in [0.05, 0.1) is 5.71 Å². The summed E-state index contributed by atoms with van der Waals surface area (Å²) in [6.07, 6.45) is 8.99. The number of fused-ring (bicyclic) bond motifs is 5. The first-order valence-electron chi connectivity index (χ1n) is 11.2. The topological polar surface area (TPSA) is 64.7 Å². The Hall–Kier alpha value is -0.900. The predicted molar refractivity (Wildman–Crippen MR) is 108 cm³/mol. The lowest BCUT2D eigenvalue weighted by Crippen LogP contribution is -2.56. The van der Waals surface area contributed by atoms with E-state index in [1.54, 1.807) is 0 Å². The van der Waals surface area contributed by atoms with Crippen LogP contribution in [0.2, 0.25) is 0 Å². The second kappa shape index (κ2) is 6.86. The van der Waals surface area contributed by atoms with Gasteiger partial charge in [0.15, 0.2) is 0 Å². The van der Waals surface area contributed by atoms with Crippen LogP contribution in [0.1, 0.15) is 79.1 Å². The number of Topliss-reactive ketones (excluding diaryl/α,β-unsaturated/α-hetero) is 1. The highest BCUT2D eigenvalue weighted by molar-refractivity contribution is 5.87. The fourth-order valence-electron chi connectivity index (χ4n) is 7.63. The molecule has 0 spiro atoms. The molecule has 0 aromatic carbocycles. The molecule has 4 nitrogen and oxygen atoms in total. The van der Waals surface area contributed by atoms with Gasteiger partial charge in [0.25, 0.3) is 0 Å². The third kappa shape index (κ3) is 3.07. The smallest absolute Gasteiger partial charge is 0.139 e. The molecule has 2 N–H and O–H groups in total. The average Bonchev–Trinajstić information content (AvgIpc) is 2.91. The number of hydrogen-bond acceptors (Lipinski definition) is 4. The molecule has 4 rings (SSSR count). The van der Waals surface area contributed by atoms with Gasteiger partial charge in [-0.05, 0) is 86.9 Å². The first kappa shape index (κ1) is 19.4. The first-order valence-corrected chi connectivity index (χ1v) is 11.2. The van der Waals surface area contributed by atoms with Crippen LogP contribution in [0.3, 0.4) is 0 Å². The summed E-state index contributed by atoms with van der Waals surface area (Å²) in [5.74, 6) is 4.12. The van der Waals surface area contributed by atoms with E-state index in [1.165, 1.54) is 25.0 Å². The van der Waals surface area contributed by atoms with Crippen molar-refractivity contribution >= 4 is 11.5 Å². The molecular weight excluding hydrogens is 336 g/mol. The molecule has 8 atom stereocenters. The predicted octanol–water partition coefficient (Wildman–Crippen LogP) is 4.56. The number of carbonyl (C=O) groups is 1. The molecule has 4 fully saturated rings. The van der Waals surface area contributed by atoms with Crippen molar-refractivity contribution in [2.75, 3.05) is 6.61 Å². The van der Waals surface area contributed by atoms with Crippen molar-refractivity contribution in [3.8, 4) is 0 Å². The summed E-state index contributed by atoms with van der Waals surface area (Å²) in [7, 11) is 0. The van der Waals surface area contributed by atoms with Gasteiger partial charge in [-0.2, -0.15) is 0 Å². The van der Waals surface area contributed by atoms with Gasteiger partial charge in [0.2, 0.25) is 0 Å². The Morgan fingerprint density at radius 3 is 2.70 bits per heavy atom. The average molecular weight is 375 g/mol. The second-order valence-corrected chi connectivity index (χ2v) is 10.8. The van der Waals surface area contributed by atoms with Crippen LogP contribution in [0.4, 0.5) is 0 Å². The molecule has 0 amide bonds. The quantitative estimate of drug-likeness (QED) is 0.736. The van der Waals surface area contributed by atoms with Gasteiger partial charge in [-0.1, -0.05) is 25.9 Å². The van der Waals surface area contributed by atoms with Crippen molar-refractivity contribution in [3.05, 3.63) is 0 Å². The van der Waals surface area contributed by atoms with E-state index in [0.717, 1.165) is 43.9 Å². The number of nitrogens with two attached hydrogens (primary N) is 1. The normalized spacial score (nSPS) is 49.3. The summed E-state index contributed by atoms with van der Waals surface area (Å²) in [5.41, 5.74) is 7.39. The molecule has 0 aromatic heterocycles. The van der Waals surface area contributed by atoms with E-state index in [2.05, 4.69) is 25.9 Å². The van der Waals surface area contributed by atoms with Gasteiger partial charge in [-0.25, -0.2) is 0 Å². The maximum atomic E-state index is 12.6. The van der Waals surface area contributed by atoms with Crippen LogP contribution in [0.5, 0.6) is 0 Å². The lowest BCUT2D eigenvalue weighted by Gasteiger charge is -2.61. The minimum atomic E-state index is -0.0157. The number of carbonyl (C=O) groups excluding carboxylic acids is 1. The summed E-state index contributed by atoms with van der Waals surface area (Å²) in [5, 5.41) is 4.45. The lowest BCUT2D eigenvalue weighted by molar-refractivity contribution is -0.141. The molecule has 0 aliphatic heterocycles. The van der Waals surface area contributed by atoms with Crippen LogP contribution < -0.4 is 5.73 Å². The molecule has 4 heteroatoms. The highest BCUT2D eigenvalue weighted by Crippen LogP contribution is 2.66. The summed E-state index contributed by atoms with van der Waals surface area (Å²) < 4.78 is 0. The summed E-state index contributed by atoms with van der Waals surface area (Å²) in [6, 6.07) is 0.0308. The monoisotopic (exact) mass is 374 g/mol. The van der Waals surface area contributed by atoms with E-state index < -0.39 is 0 Å². The summed E-state index contributed by atoms with van der Waals surface area (Å²) >= 11 is 0. The van der Waals surface area contributed by atoms with Gasteiger partial charge in [-0.15, -0.1) is 0 Å². The molecule has 0 heterocycles. The zero-order valence-corrected chi connectivity index (χ0v) is 17.7.